The van der Waals surface area contributed by atoms with Crippen molar-refractivity contribution in [2.24, 2.45) is 11.8 Å². The van der Waals surface area contributed by atoms with Gasteiger partial charge in [-0.1, -0.05) is 23.8 Å². The van der Waals surface area contributed by atoms with Crippen LogP contribution in [0.1, 0.15) is 12.8 Å². The Morgan fingerprint density at radius 2 is 2.40 bits per heavy atom. The Morgan fingerprint density at radius 3 is 3.20 bits per heavy atom. The smallest absolute Gasteiger partial charge is 0.0718 e. The molecule has 0 radical (unpaired) electrons. The van der Waals surface area contributed by atoms with Crippen molar-refractivity contribution in [1.82, 2.24) is 4.98 Å². The molecule has 2 aliphatic carbocycles. The summed E-state index contributed by atoms with van der Waals surface area (Å²) in [5.74, 6) is 1.58. The molecule has 0 spiro atoms. The highest BCUT2D eigenvalue weighted by Gasteiger charge is 2.41. The molecule has 0 saturated heterocycles. The van der Waals surface area contributed by atoms with E-state index in [2.05, 4.69) is 22.5 Å². The molecule has 1 aromatic rings. The number of halogens is 1. The lowest BCUT2D eigenvalue weighted by molar-refractivity contribution is 0.218. The Hall–Kier alpha value is -1.02. The number of hydrogen-bond donors (Lipinski definition) is 1. The minimum Gasteiger partial charge on any atom is -0.379 e. The molecule has 2 nitrogen and oxygen atoms in total. The number of allylic oxidation sites excluding steroid dienone is 1. The van der Waals surface area contributed by atoms with Crippen molar-refractivity contribution in [2.45, 2.75) is 18.9 Å². The van der Waals surface area contributed by atoms with Crippen LogP contribution in [0.3, 0.4) is 0 Å². The molecule has 1 saturated carbocycles. The van der Waals surface area contributed by atoms with E-state index < -0.39 is 0 Å². The summed E-state index contributed by atoms with van der Waals surface area (Å²) in [5.41, 5.74) is 0.961. The first-order valence-electron chi connectivity index (χ1n) is 5.37. The molecular formula is C12H13ClN2. The van der Waals surface area contributed by atoms with Crippen LogP contribution in [0.5, 0.6) is 0 Å². The Morgan fingerprint density at radius 1 is 1.47 bits per heavy atom. The third kappa shape index (κ3) is 1.53. The summed E-state index contributed by atoms with van der Waals surface area (Å²) in [5, 5.41) is 4.23. The van der Waals surface area contributed by atoms with Crippen molar-refractivity contribution < 1.29 is 0 Å². The van der Waals surface area contributed by atoms with Crippen LogP contribution in [-0.2, 0) is 0 Å². The van der Waals surface area contributed by atoms with Gasteiger partial charge in [0, 0.05) is 18.2 Å². The quantitative estimate of drug-likeness (QED) is 0.775. The fraction of sp³-hybridized carbons (Fsp3) is 0.417. The van der Waals surface area contributed by atoms with Crippen LogP contribution < -0.4 is 5.32 Å². The summed E-state index contributed by atoms with van der Waals surface area (Å²) >= 11 is 6.07. The maximum absolute atomic E-state index is 6.07. The van der Waals surface area contributed by atoms with E-state index in [1.807, 2.05) is 6.07 Å². The maximum Gasteiger partial charge on any atom is 0.0718 e. The fourth-order valence-electron chi connectivity index (χ4n) is 2.57. The van der Waals surface area contributed by atoms with Crippen LogP contribution in [0, 0.1) is 11.8 Å². The lowest BCUT2D eigenvalue weighted by atomic mass is 9.71. The second-order valence-electron chi connectivity index (χ2n) is 4.34. The predicted octanol–water partition coefficient (Wildman–Crippen LogP) is 3.11. The molecule has 0 aliphatic heterocycles. The first kappa shape index (κ1) is 9.22. The first-order chi connectivity index (χ1) is 7.34. The average Bonchev–Trinajstić information content (AvgIpc) is 2.59. The SMILES string of the molecule is Clc1ccncc1NC1CC2CC=CC21. The van der Waals surface area contributed by atoms with E-state index in [0.29, 0.717) is 12.0 Å². The maximum atomic E-state index is 6.07. The van der Waals surface area contributed by atoms with Gasteiger partial charge in [0.1, 0.15) is 0 Å². The van der Waals surface area contributed by atoms with Gasteiger partial charge in [0.25, 0.3) is 0 Å². The largest absolute Gasteiger partial charge is 0.379 e. The Labute approximate surface area is 94.4 Å². The number of nitrogens with zero attached hydrogens (tertiary/aromatic N) is 1. The number of anilines is 1. The molecule has 1 N–H and O–H groups in total. The van der Waals surface area contributed by atoms with E-state index >= 15 is 0 Å². The molecule has 0 bridgehead atoms. The molecule has 2 aliphatic rings. The van der Waals surface area contributed by atoms with E-state index in [1.165, 1.54) is 12.8 Å². The van der Waals surface area contributed by atoms with Gasteiger partial charge in [-0.15, -0.1) is 0 Å². The average molecular weight is 221 g/mol. The van der Waals surface area contributed by atoms with E-state index in [9.17, 15) is 0 Å². The third-order valence-corrected chi connectivity index (χ3v) is 3.80. The zero-order valence-corrected chi connectivity index (χ0v) is 9.11. The van der Waals surface area contributed by atoms with Gasteiger partial charge in [-0.25, -0.2) is 0 Å². The Bertz CT molecular complexity index is 402. The molecule has 3 atom stereocenters. The predicted molar refractivity (Wildman–Crippen MR) is 62.0 cm³/mol. The molecule has 1 heterocycles. The molecule has 78 valence electrons. The van der Waals surface area contributed by atoms with Crippen molar-refractivity contribution in [3.8, 4) is 0 Å². The Kier molecular flexibility index (Phi) is 2.17. The lowest BCUT2D eigenvalue weighted by Crippen LogP contribution is -2.43. The van der Waals surface area contributed by atoms with Crippen LogP contribution in [0.25, 0.3) is 0 Å². The van der Waals surface area contributed by atoms with E-state index in [1.54, 1.807) is 12.4 Å². The molecule has 0 aromatic carbocycles. The number of nitrogens with one attached hydrogen (secondary N) is 1. The molecule has 1 aromatic heterocycles. The van der Waals surface area contributed by atoms with Gasteiger partial charge in [-0.2, -0.15) is 0 Å². The van der Waals surface area contributed by atoms with Crippen LogP contribution in [0.4, 0.5) is 5.69 Å². The zero-order chi connectivity index (χ0) is 10.3. The number of hydrogen-bond acceptors (Lipinski definition) is 2. The van der Waals surface area contributed by atoms with Crippen LogP contribution in [-0.4, -0.2) is 11.0 Å². The summed E-state index contributed by atoms with van der Waals surface area (Å²) in [6, 6.07) is 2.38. The van der Waals surface area contributed by atoms with Crippen molar-refractivity contribution in [1.29, 1.82) is 0 Å². The van der Waals surface area contributed by atoms with E-state index in [0.717, 1.165) is 16.6 Å². The van der Waals surface area contributed by atoms with Gasteiger partial charge in [0.15, 0.2) is 0 Å². The Balaban J connectivity index is 1.72. The van der Waals surface area contributed by atoms with Crippen LogP contribution >= 0.6 is 11.6 Å². The highest BCUT2D eigenvalue weighted by atomic mass is 35.5. The van der Waals surface area contributed by atoms with Gasteiger partial charge < -0.3 is 5.32 Å². The first-order valence-corrected chi connectivity index (χ1v) is 5.75. The van der Waals surface area contributed by atoms with Gasteiger partial charge in [-0.3, -0.25) is 4.98 Å². The molecule has 3 unspecified atom stereocenters. The minimum absolute atomic E-state index is 0.551. The van der Waals surface area contributed by atoms with Crippen LogP contribution in [0.15, 0.2) is 30.6 Å². The number of pyridine rings is 1. The van der Waals surface area contributed by atoms with Crippen molar-refractivity contribution >= 4 is 17.3 Å². The summed E-state index contributed by atoms with van der Waals surface area (Å²) in [7, 11) is 0. The van der Waals surface area contributed by atoms with Gasteiger partial charge >= 0.3 is 0 Å². The summed E-state index contributed by atoms with van der Waals surface area (Å²) in [4.78, 5) is 4.08. The zero-order valence-electron chi connectivity index (χ0n) is 8.36. The normalized spacial score (nSPS) is 32.2. The molecule has 3 heteroatoms. The summed E-state index contributed by atoms with van der Waals surface area (Å²) < 4.78 is 0. The summed E-state index contributed by atoms with van der Waals surface area (Å²) in [6.45, 7) is 0. The molecular weight excluding hydrogens is 208 g/mol. The van der Waals surface area contributed by atoms with Gasteiger partial charge in [0.05, 0.1) is 16.9 Å². The second kappa shape index (κ2) is 3.53. The topological polar surface area (TPSA) is 24.9 Å². The molecule has 15 heavy (non-hydrogen) atoms. The van der Waals surface area contributed by atoms with Crippen molar-refractivity contribution in [3.05, 3.63) is 35.6 Å². The number of aromatic nitrogens is 1. The van der Waals surface area contributed by atoms with Crippen LogP contribution in [0.2, 0.25) is 5.02 Å². The minimum atomic E-state index is 0.551. The standard InChI is InChI=1S/C12H13ClN2/c13-10-4-5-14-7-12(10)15-11-6-8-2-1-3-9(8)11/h1,3-5,7-9,11,15H,2,6H2. The molecule has 1 fully saturated rings. The highest BCUT2D eigenvalue weighted by molar-refractivity contribution is 6.33. The lowest BCUT2D eigenvalue weighted by Gasteiger charge is -2.41. The number of rotatable bonds is 2. The van der Waals surface area contributed by atoms with Gasteiger partial charge in [-0.05, 0) is 24.8 Å². The molecule has 3 rings (SSSR count). The van der Waals surface area contributed by atoms with E-state index in [-0.39, 0.29) is 0 Å². The molecule has 0 amide bonds. The van der Waals surface area contributed by atoms with Gasteiger partial charge in [0.2, 0.25) is 0 Å². The third-order valence-electron chi connectivity index (χ3n) is 3.47. The summed E-state index contributed by atoms with van der Waals surface area (Å²) in [6.07, 6.45) is 10.6. The van der Waals surface area contributed by atoms with Crippen molar-refractivity contribution in [3.63, 3.8) is 0 Å². The van der Waals surface area contributed by atoms with Crippen molar-refractivity contribution in [2.75, 3.05) is 5.32 Å². The highest BCUT2D eigenvalue weighted by Crippen LogP contribution is 2.44. The van der Waals surface area contributed by atoms with E-state index in [4.69, 9.17) is 11.6 Å². The fourth-order valence-corrected chi connectivity index (χ4v) is 2.73. The monoisotopic (exact) mass is 220 g/mol. The number of fused-ring (bicyclic) bond motifs is 1. The second-order valence-corrected chi connectivity index (χ2v) is 4.75.